The average Bonchev–Trinajstić information content (AvgIpc) is 3.14. The van der Waals surface area contributed by atoms with Crippen molar-refractivity contribution in [2.24, 2.45) is 0 Å². The highest BCUT2D eigenvalue weighted by Gasteiger charge is 2.50. The Labute approximate surface area is 212 Å². The minimum absolute atomic E-state index is 0.386. The number of rotatable bonds is 8. The normalized spacial score (nSPS) is 14.0. The molecule has 0 spiro atoms. The zero-order chi connectivity index (χ0) is 24.5. The Hall–Kier alpha value is -2.69. The van der Waals surface area contributed by atoms with Gasteiger partial charge in [0, 0.05) is 54.2 Å². The molecule has 0 aromatic heterocycles. The topological polar surface area (TPSA) is 32.8 Å². The predicted molar refractivity (Wildman–Crippen MR) is 142 cm³/mol. The summed E-state index contributed by atoms with van der Waals surface area (Å²) in [5, 5.41) is 1.05. The lowest BCUT2D eigenvalue weighted by atomic mass is 9.79. The third-order valence-electron chi connectivity index (χ3n) is 6.69. The van der Waals surface area contributed by atoms with Crippen molar-refractivity contribution in [2.75, 3.05) is 36.0 Å². The molecule has 4 nitrogen and oxygen atoms in total. The lowest BCUT2D eigenvalue weighted by Crippen LogP contribution is -2.31. The second-order valence-electron chi connectivity index (χ2n) is 8.29. The van der Waals surface area contributed by atoms with Gasteiger partial charge >= 0.3 is 5.97 Å². The van der Waals surface area contributed by atoms with E-state index in [9.17, 15) is 4.79 Å². The summed E-state index contributed by atoms with van der Waals surface area (Å²) < 4.78 is 6.22. The largest absolute Gasteiger partial charge is 0.440 e. The van der Waals surface area contributed by atoms with E-state index in [1.165, 1.54) is 0 Å². The highest BCUT2D eigenvalue weighted by Crippen LogP contribution is 2.51. The van der Waals surface area contributed by atoms with E-state index in [4.69, 9.17) is 27.9 Å². The Bertz CT molecular complexity index is 1140. The molecule has 1 heterocycles. The van der Waals surface area contributed by atoms with Crippen LogP contribution >= 0.6 is 23.2 Å². The monoisotopic (exact) mass is 496 g/mol. The molecular formula is C28H30Cl2N2O2. The minimum Gasteiger partial charge on any atom is -0.440 e. The molecule has 3 aromatic carbocycles. The number of carbonyl (C=O) groups excluding carboxylic acids is 1. The van der Waals surface area contributed by atoms with Crippen LogP contribution in [-0.2, 0) is 10.3 Å². The quantitative estimate of drug-likeness (QED) is 0.310. The number of esters is 1. The molecule has 0 N–H and O–H groups in total. The summed E-state index contributed by atoms with van der Waals surface area (Å²) in [5.74, 6) is -0.386. The molecule has 0 saturated heterocycles. The van der Waals surface area contributed by atoms with Crippen LogP contribution in [0.25, 0.3) is 0 Å². The van der Waals surface area contributed by atoms with Crippen LogP contribution < -0.4 is 9.80 Å². The molecule has 0 unspecified atom stereocenters. The van der Waals surface area contributed by atoms with Gasteiger partial charge in [-0.3, -0.25) is 0 Å². The molecule has 0 fully saturated rings. The Morgan fingerprint density at radius 3 is 1.62 bits per heavy atom. The van der Waals surface area contributed by atoms with Crippen LogP contribution in [0.3, 0.4) is 0 Å². The van der Waals surface area contributed by atoms with Gasteiger partial charge in [-0.2, -0.15) is 0 Å². The number of anilines is 2. The van der Waals surface area contributed by atoms with Gasteiger partial charge in [0.25, 0.3) is 0 Å². The van der Waals surface area contributed by atoms with Crippen LogP contribution in [-0.4, -0.2) is 32.1 Å². The molecule has 0 amide bonds. The number of benzene rings is 3. The summed E-state index contributed by atoms with van der Waals surface area (Å²) in [5.41, 5.74) is 3.47. The van der Waals surface area contributed by atoms with Crippen molar-refractivity contribution in [3.05, 3.63) is 93.0 Å². The molecule has 178 valence electrons. The van der Waals surface area contributed by atoms with Gasteiger partial charge in [0.1, 0.15) is 0 Å². The Morgan fingerprint density at radius 2 is 1.18 bits per heavy atom. The predicted octanol–water partition coefficient (Wildman–Crippen LogP) is 7.15. The standard InChI is InChI=1S/C28H30Cl2N2O2/c1-5-31(6-2)19-13-15-23(25(29)17-19)28(22-12-10-9-11-21(22)27(33)34-28)24-16-14-20(18-26(24)30)32(7-3)8-4/h9-18H,5-8H2,1-4H3. The van der Waals surface area contributed by atoms with Crippen molar-refractivity contribution >= 4 is 40.5 Å². The molecule has 4 rings (SSSR count). The van der Waals surface area contributed by atoms with E-state index in [1.807, 2.05) is 54.6 Å². The Morgan fingerprint density at radius 1 is 0.706 bits per heavy atom. The maximum absolute atomic E-state index is 13.1. The molecule has 34 heavy (non-hydrogen) atoms. The number of fused-ring (bicyclic) bond motifs is 1. The molecule has 6 heteroatoms. The van der Waals surface area contributed by atoms with Crippen molar-refractivity contribution < 1.29 is 9.53 Å². The molecular weight excluding hydrogens is 467 g/mol. The minimum atomic E-state index is -1.23. The van der Waals surface area contributed by atoms with Gasteiger partial charge in [0.2, 0.25) is 0 Å². The molecule has 0 saturated carbocycles. The zero-order valence-corrected chi connectivity index (χ0v) is 21.6. The van der Waals surface area contributed by atoms with E-state index in [0.29, 0.717) is 26.7 Å². The van der Waals surface area contributed by atoms with Crippen molar-refractivity contribution in [1.82, 2.24) is 0 Å². The number of nitrogens with zero attached hydrogens (tertiary/aromatic N) is 2. The summed E-state index contributed by atoms with van der Waals surface area (Å²) in [6.07, 6.45) is 0. The fraction of sp³-hybridized carbons (Fsp3) is 0.321. The highest BCUT2D eigenvalue weighted by molar-refractivity contribution is 6.33. The summed E-state index contributed by atoms with van der Waals surface area (Å²) in [7, 11) is 0. The molecule has 1 aliphatic rings. The Kier molecular flexibility index (Phi) is 7.11. The SMILES string of the molecule is CCN(CC)c1ccc(C2(c3ccc(N(CC)CC)cc3Cl)OC(=O)c3ccccc32)c(Cl)c1. The number of carbonyl (C=O) groups is 1. The molecule has 0 atom stereocenters. The van der Waals surface area contributed by atoms with Gasteiger partial charge in [-0.15, -0.1) is 0 Å². The first-order valence-electron chi connectivity index (χ1n) is 11.8. The molecule has 0 aliphatic carbocycles. The summed E-state index contributed by atoms with van der Waals surface area (Å²) in [4.78, 5) is 17.5. The highest BCUT2D eigenvalue weighted by atomic mass is 35.5. The van der Waals surface area contributed by atoms with E-state index in [0.717, 1.165) is 43.1 Å². The second-order valence-corrected chi connectivity index (χ2v) is 9.10. The zero-order valence-electron chi connectivity index (χ0n) is 20.1. The molecule has 0 bridgehead atoms. The Balaban J connectivity index is 1.96. The van der Waals surface area contributed by atoms with Gasteiger partial charge in [0.05, 0.1) is 15.6 Å². The third kappa shape index (κ3) is 3.93. The second kappa shape index (κ2) is 9.89. The molecule has 0 radical (unpaired) electrons. The van der Waals surface area contributed by atoms with Crippen LogP contribution in [0.5, 0.6) is 0 Å². The van der Waals surface area contributed by atoms with Gasteiger partial charge in [-0.25, -0.2) is 4.79 Å². The number of hydrogen-bond donors (Lipinski definition) is 0. The number of cyclic esters (lactones) is 1. The van der Waals surface area contributed by atoms with Crippen LogP contribution in [0, 0.1) is 0 Å². The van der Waals surface area contributed by atoms with Gasteiger partial charge in [-0.1, -0.05) is 53.5 Å². The van der Waals surface area contributed by atoms with Crippen molar-refractivity contribution in [1.29, 1.82) is 0 Å². The smallest absolute Gasteiger partial charge is 0.340 e. The maximum atomic E-state index is 13.1. The fourth-order valence-electron chi connectivity index (χ4n) is 4.91. The van der Waals surface area contributed by atoms with Crippen molar-refractivity contribution in [2.45, 2.75) is 33.3 Å². The first kappa shape index (κ1) is 24.4. The summed E-state index contributed by atoms with van der Waals surface area (Å²) in [6, 6.07) is 19.3. The van der Waals surface area contributed by atoms with Crippen LogP contribution in [0.2, 0.25) is 10.0 Å². The van der Waals surface area contributed by atoms with Gasteiger partial charge in [-0.05, 0) is 58.0 Å². The summed E-state index contributed by atoms with van der Waals surface area (Å²) >= 11 is 13.9. The number of ether oxygens (including phenoxy) is 1. The molecule has 1 aliphatic heterocycles. The van der Waals surface area contributed by atoms with E-state index in [-0.39, 0.29) is 5.97 Å². The lowest BCUT2D eigenvalue weighted by Gasteiger charge is -2.33. The van der Waals surface area contributed by atoms with Crippen LogP contribution in [0.4, 0.5) is 11.4 Å². The first-order valence-corrected chi connectivity index (χ1v) is 12.6. The van der Waals surface area contributed by atoms with Gasteiger partial charge in [0.15, 0.2) is 5.60 Å². The molecule has 3 aromatic rings. The third-order valence-corrected chi connectivity index (χ3v) is 7.32. The van der Waals surface area contributed by atoms with Crippen molar-refractivity contribution in [3.63, 3.8) is 0 Å². The maximum Gasteiger partial charge on any atom is 0.340 e. The van der Waals surface area contributed by atoms with Crippen molar-refractivity contribution in [3.8, 4) is 0 Å². The van der Waals surface area contributed by atoms with E-state index >= 15 is 0 Å². The van der Waals surface area contributed by atoms with Gasteiger partial charge < -0.3 is 14.5 Å². The average molecular weight is 497 g/mol. The van der Waals surface area contributed by atoms with E-state index in [2.05, 4.69) is 37.5 Å². The van der Waals surface area contributed by atoms with Crippen LogP contribution in [0.1, 0.15) is 54.7 Å². The van der Waals surface area contributed by atoms with E-state index < -0.39 is 5.60 Å². The summed E-state index contributed by atoms with van der Waals surface area (Å²) in [6.45, 7) is 11.9. The van der Waals surface area contributed by atoms with Crippen LogP contribution in [0.15, 0.2) is 60.7 Å². The number of halogens is 2. The van der Waals surface area contributed by atoms with E-state index in [1.54, 1.807) is 6.07 Å². The fourth-order valence-corrected chi connectivity index (χ4v) is 5.53. The lowest BCUT2D eigenvalue weighted by molar-refractivity contribution is 0.0252. The first-order chi connectivity index (χ1) is 16.4. The number of hydrogen-bond acceptors (Lipinski definition) is 4.